The normalized spacial score (nSPS) is 24.1. The molecule has 8 heteroatoms. The predicted octanol–water partition coefficient (Wildman–Crippen LogP) is 2.42. The van der Waals surface area contributed by atoms with E-state index in [-0.39, 0.29) is 18.4 Å². The van der Waals surface area contributed by atoms with Gasteiger partial charge in [-0.05, 0) is 18.2 Å². The highest BCUT2D eigenvalue weighted by molar-refractivity contribution is 8.13. The second kappa shape index (κ2) is 7.03. The molecule has 1 saturated heterocycles. The van der Waals surface area contributed by atoms with Gasteiger partial charge in [-0.15, -0.1) is 0 Å². The van der Waals surface area contributed by atoms with E-state index in [0.29, 0.717) is 23.0 Å². The summed E-state index contributed by atoms with van der Waals surface area (Å²) in [5.41, 5.74) is 0.694. The Bertz CT molecular complexity index is 890. The molecule has 0 radical (unpaired) electrons. The molecule has 2 amide bonds. The summed E-state index contributed by atoms with van der Waals surface area (Å²) in [6.07, 6.45) is 2.45. The lowest BCUT2D eigenvalue weighted by molar-refractivity contribution is 0.0977. The molecule has 138 valence electrons. The second-order valence-electron chi connectivity index (χ2n) is 6.57. The Kier molecular flexibility index (Phi) is 4.57. The third-order valence-corrected chi connectivity index (χ3v) is 5.99. The fourth-order valence-corrected chi connectivity index (χ4v) is 4.72. The largest absolute Gasteiger partial charge is 0.465 e. The first-order chi connectivity index (χ1) is 13.1. The van der Waals surface area contributed by atoms with Crippen LogP contribution < -0.4 is 5.32 Å². The molecule has 0 spiro atoms. The van der Waals surface area contributed by atoms with Gasteiger partial charge >= 0.3 is 6.09 Å². The predicted molar refractivity (Wildman–Crippen MR) is 103 cm³/mol. The van der Waals surface area contributed by atoms with E-state index in [1.807, 2.05) is 18.2 Å². The average molecular weight is 382 g/mol. The van der Waals surface area contributed by atoms with Gasteiger partial charge < -0.3 is 15.3 Å². The second-order valence-corrected chi connectivity index (χ2v) is 7.58. The van der Waals surface area contributed by atoms with Crippen LogP contribution in [0.15, 0.2) is 59.9 Å². The lowest BCUT2D eigenvalue weighted by atomic mass is 9.83. The molecule has 0 bridgehead atoms. The van der Waals surface area contributed by atoms with Gasteiger partial charge in [-0.25, -0.2) is 9.79 Å². The molecular formula is C19H18N4O3S. The van der Waals surface area contributed by atoms with Gasteiger partial charge in [0.1, 0.15) is 5.54 Å². The maximum Gasteiger partial charge on any atom is 0.407 e. The number of rotatable bonds is 2. The molecule has 2 atom stereocenters. The molecule has 0 aliphatic carbocycles. The summed E-state index contributed by atoms with van der Waals surface area (Å²) in [6, 6.07) is 12.7. The Balaban J connectivity index is 1.68. The smallest absolute Gasteiger partial charge is 0.407 e. The molecule has 7 nitrogen and oxygen atoms in total. The van der Waals surface area contributed by atoms with E-state index in [0.717, 1.165) is 5.56 Å². The van der Waals surface area contributed by atoms with E-state index in [1.165, 1.54) is 16.7 Å². The number of hydrogen-bond donors (Lipinski definition) is 2. The Morgan fingerprint density at radius 3 is 2.74 bits per heavy atom. The fraction of sp³-hybridized carbons (Fsp3) is 0.263. The summed E-state index contributed by atoms with van der Waals surface area (Å²) >= 11 is 1.45. The third kappa shape index (κ3) is 3.28. The van der Waals surface area contributed by atoms with Crippen molar-refractivity contribution in [2.75, 3.05) is 18.8 Å². The van der Waals surface area contributed by atoms with Gasteiger partial charge in [0.25, 0.3) is 5.91 Å². The van der Waals surface area contributed by atoms with E-state index in [1.54, 1.807) is 36.7 Å². The SMILES string of the molecule is O=C(NC1=N[C@@]2(c3cccnc3)CN(C(=O)O)C[C@H]2CS1)c1ccccc1. The number of pyridine rings is 1. The standard InChI is InChI=1S/C19H18N4O3S/c24-16(13-5-2-1-3-6-13)21-17-22-19(14-7-4-8-20-9-14)12-23(18(25)26)10-15(19)11-27-17/h1-9,15H,10-12H2,(H,25,26)(H,21,22,24)/t15-,19+/m0/s1. The van der Waals surface area contributed by atoms with E-state index in [9.17, 15) is 14.7 Å². The summed E-state index contributed by atoms with van der Waals surface area (Å²) in [7, 11) is 0. The minimum Gasteiger partial charge on any atom is -0.465 e. The maximum atomic E-state index is 12.5. The van der Waals surface area contributed by atoms with Crippen molar-refractivity contribution in [3.8, 4) is 0 Å². The van der Waals surface area contributed by atoms with Crippen LogP contribution in [0, 0.1) is 5.92 Å². The van der Waals surface area contributed by atoms with Gasteiger partial charge in [-0.3, -0.25) is 9.78 Å². The number of aromatic nitrogens is 1. The van der Waals surface area contributed by atoms with Crippen molar-refractivity contribution in [1.82, 2.24) is 15.2 Å². The number of amidine groups is 1. The van der Waals surface area contributed by atoms with Crippen molar-refractivity contribution < 1.29 is 14.7 Å². The molecule has 2 aliphatic rings. The Hall–Kier alpha value is -2.87. The zero-order valence-corrected chi connectivity index (χ0v) is 15.2. The summed E-state index contributed by atoms with van der Waals surface area (Å²) in [4.78, 5) is 34.5. The Morgan fingerprint density at radius 1 is 1.22 bits per heavy atom. The van der Waals surface area contributed by atoms with Crippen molar-refractivity contribution in [3.63, 3.8) is 0 Å². The maximum absolute atomic E-state index is 12.5. The average Bonchev–Trinajstić information content (AvgIpc) is 3.10. The minimum absolute atomic E-state index is 0.0279. The molecule has 1 aromatic carbocycles. The van der Waals surface area contributed by atoms with Gasteiger partial charge in [0, 0.05) is 41.7 Å². The molecule has 2 aromatic rings. The lowest BCUT2D eigenvalue weighted by Crippen LogP contribution is -2.42. The number of fused-ring (bicyclic) bond motifs is 1. The first-order valence-electron chi connectivity index (χ1n) is 8.56. The van der Waals surface area contributed by atoms with Crippen LogP contribution in [0.3, 0.4) is 0 Å². The monoisotopic (exact) mass is 382 g/mol. The summed E-state index contributed by atoms with van der Waals surface area (Å²) in [6.45, 7) is 0.671. The van der Waals surface area contributed by atoms with Crippen LogP contribution in [0.1, 0.15) is 15.9 Å². The zero-order valence-electron chi connectivity index (χ0n) is 14.4. The van der Waals surface area contributed by atoms with Crippen LogP contribution in [0.2, 0.25) is 0 Å². The molecular weight excluding hydrogens is 364 g/mol. The van der Waals surface area contributed by atoms with Crippen LogP contribution >= 0.6 is 11.8 Å². The van der Waals surface area contributed by atoms with E-state index < -0.39 is 11.6 Å². The Morgan fingerprint density at radius 2 is 2.04 bits per heavy atom. The van der Waals surface area contributed by atoms with E-state index in [2.05, 4.69) is 10.3 Å². The number of nitrogens with zero attached hydrogens (tertiary/aromatic N) is 3. The Labute approximate surface area is 160 Å². The number of hydrogen-bond acceptors (Lipinski definition) is 5. The van der Waals surface area contributed by atoms with E-state index >= 15 is 0 Å². The highest BCUT2D eigenvalue weighted by Gasteiger charge is 2.51. The lowest BCUT2D eigenvalue weighted by Gasteiger charge is -2.35. The van der Waals surface area contributed by atoms with Crippen molar-refractivity contribution in [1.29, 1.82) is 0 Å². The van der Waals surface area contributed by atoms with E-state index in [4.69, 9.17) is 4.99 Å². The molecule has 2 aliphatic heterocycles. The van der Waals surface area contributed by atoms with Crippen LogP contribution in [0.5, 0.6) is 0 Å². The van der Waals surface area contributed by atoms with Gasteiger partial charge in [0.15, 0.2) is 5.17 Å². The molecule has 1 aromatic heterocycles. The molecule has 3 heterocycles. The molecule has 0 unspecified atom stereocenters. The number of nitrogens with one attached hydrogen (secondary N) is 1. The molecule has 0 saturated carbocycles. The van der Waals surface area contributed by atoms with Crippen LogP contribution in [0.4, 0.5) is 4.79 Å². The summed E-state index contributed by atoms with van der Waals surface area (Å²) in [5, 5.41) is 12.9. The van der Waals surface area contributed by atoms with Crippen LogP contribution in [-0.4, -0.2) is 51.0 Å². The van der Waals surface area contributed by atoms with Crippen molar-refractivity contribution in [2.24, 2.45) is 10.9 Å². The van der Waals surface area contributed by atoms with Crippen molar-refractivity contribution in [3.05, 3.63) is 66.0 Å². The first kappa shape index (κ1) is 17.5. The molecule has 2 N–H and O–H groups in total. The highest BCUT2D eigenvalue weighted by Crippen LogP contribution is 2.45. The summed E-state index contributed by atoms with van der Waals surface area (Å²) < 4.78 is 0. The van der Waals surface area contributed by atoms with Gasteiger partial charge in [-0.2, -0.15) is 0 Å². The molecule has 4 rings (SSSR count). The number of aliphatic imine (C=N–C) groups is 1. The number of thioether (sulfide) groups is 1. The number of amides is 2. The number of carbonyl (C=O) groups is 2. The number of carbonyl (C=O) groups excluding carboxylic acids is 1. The van der Waals surface area contributed by atoms with Gasteiger partial charge in [0.2, 0.25) is 0 Å². The van der Waals surface area contributed by atoms with Gasteiger partial charge in [0.05, 0.1) is 6.54 Å². The molecule has 1 fully saturated rings. The zero-order chi connectivity index (χ0) is 18.9. The highest BCUT2D eigenvalue weighted by atomic mass is 32.2. The quantitative estimate of drug-likeness (QED) is 0.832. The fourth-order valence-electron chi connectivity index (χ4n) is 3.59. The topological polar surface area (TPSA) is 94.9 Å². The van der Waals surface area contributed by atoms with Crippen LogP contribution in [-0.2, 0) is 5.54 Å². The van der Waals surface area contributed by atoms with Crippen molar-refractivity contribution in [2.45, 2.75) is 5.54 Å². The van der Waals surface area contributed by atoms with Gasteiger partial charge in [-0.1, -0.05) is 36.0 Å². The third-order valence-electron chi connectivity index (χ3n) is 4.96. The summed E-state index contributed by atoms with van der Waals surface area (Å²) in [5.74, 6) is 0.474. The molecule has 27 heavy (non-hydrogen) atoms. The number of likely N-dealkylation sites (tertiary alicyclic amines) is 1. The number of carboxylic acid groups (broad SMARTS) is 1. The van der Waals surface area contributed by atoms with Crippen LogP contribution in [0.25, 0.3) is 0 Å². The minimum atomic E-state index is -0.956. The first-order valence-corrected chi connectivity index (χ1v) is 9.54. The van der Waals surface area contributed by atoms with Crippen molar-refractivity contribution >= 4 is 28.9 Å². The number of benzene rings is 1.